The van der Waals surface area contributed by atoms with Crippen LogP contribution in [-0.4, -0.2) is 22.4 Å². The zero-order valence-corrected chi connectivity index (χ0v) is 14.4. The van der Waals surface area contributed by atoms with E-state index in [4.69, 9.17) is 10.4 Å². The van der Waals surface area contributed by atoms with Crippen molar-refractivity contribution in [2.75, 3.05) is 0 Å². The topological polar surface area (TPSA) is 66.8 Å². The monoisotopic (exact) mass is 316 g/mol. The molecule has 1 unspecified atom stereocenters. The van der Waals surface area contributed by atoms with Crippen molar-refractivity contribution >= 4 is 5.97 Å². The highest BCUT2D eigenvalue weighted by Crippen LogP contribution is 2.15. The van der Waals surface area contributed by atoms with Gasteiger partial charge >= 0.3 is 5.97 Å². The highest BCUT2D eigenvalue weighted by Gasteiger charge is 2.08. The van der Waals surface area contributed by atoms with Gasteiger partial charge in [0.2, 0.25) is 0 Å². The van der Waals surface area contributed by atoms with Gasteiger partial charge in [-0.2, -0.15) is 0 Å². The summed E-state index contributed by atoms with van der Waals surface area (Å²) in [5, 5.41) is 17.4. The van der Waals surface area contributed by atoms with Gasteiger partial charge in [-0.1, -0.05) is 77.6 Å². The number of hydrogen-bond acceptors (Lipinski definition) is 3. The Kier molecular flexibility index (Phi) is 16.3. The van der Waals surface area contributed by atoms with Gasteiger partial charge in [0.05, 0.1) is 6.10 Å². The van der Waals surface area contributed by atoms with Crippen LogP contribution in [0.2, 0.25) is 0 Å². The van der Waals surface area contributed by atoms with Crippen molar-refractivity contribution in [1.29, 1.82) is 0 Å². The van der Waals surface area contributed by atoms with Crippen molar-refractivity contribution in [3.63, 3.8) is 0 Å². The third-order valence-electron chi connectivity index (χ3n) is 4.20. The molecule has 0 radical (unpaired) electrons. The predicted octanol–water partition coefficient (Wildman–Crippen LogP) is 5.80. The number of carboxylic acid groups (broad SMARTS) is 1. The average Bonchev–Trinajstić information content (AvgIpc) is 2.50. The van der Waals surface area contributed by atoms with E-state index in [1.54, 1.807) is 0 Å². The molecule has 0 rings (SSSR count). The fourth-order valence-corrected chi connectivity index (χ4v) is 2.76. The van der Waals surface area contributed by atoms with Gasteiger partial charge in [-0.3, -0.25) is 10.1 Å². The fraction of sp³-hybridized carbons (Fsp3) is 0.944. The first-order valence-corrected chi connectivity index (χ1v) is 9.22. The van der Waals surface area contributed by atoms with E-state index in [-0.39, 0.29) is 6.10 Å². The van der Waals surface area contributed by atoms with Gasteiger partial charge in [0, 0.05) is 6.42 Å². The quantitative estimate of drug-likeness (QED) is 0.202. The molecule has 0 heterocycles. The number of carbonyl (C=O) groups is 1. The maximum absolute atomic E-state index is 10.4. The van der Waals surface area contributed by atoms with Gasteiger partial charge in [-0.05, 0) is 19.3 Å². The molecule has 0 saturated carbocycles. The lowest BCUT2D eigenvalue weighted by atomic mass is 10.0. The Balaban J connectivity index is 3.27. The summed E-state index contributed by atoms with van der Waals surface area (Å²) in [7, 11) is 0. The summed E-state index contributed by atoms with van der Waals surface area (Å²) in [6, 6.07) is 0. The molecule has 4 nitrogen and oxygen atoms in total. The molecule has 0 amide bonds. The Bertz CT molecular complexity index is 243. The summed E-state index contributed by atoms with van der Waals surface area (Å²) < 4.78 is 0. The van der Waals surface area contributed by atoms with Gasteiger partial charge in [-0.25, -0.2) is 4.89 Å². The van der Waals surface area contributed by atoms with Crippen molar-refractivity contribution in [1.82, 2.24) is 0 Å². The van der Waals surface area contributed by atoms with Gasteiger partial charge in [0.1, 0.15) is 0 Å². The zero-order valence-electron chi connectivity index (χ0n) is 14.4. The van der Waals surface area contributed by atoms with Crippen molar-refractivity contribution in [2.24, 2.45) is 0 Å². The molecule has 0 bridgehead atoms. The van der Waals surface area contributed by atoms with Gasteiger partial charge in [0.15, 0.2) is 0 Å². The molecule has 0 aliphatic rings. The number of hydrogen-bond donors (Lipinski definition) is 2. The minimum Gasteiger partial charge on any atom is -0.481 e. The Morgan fingerprint density at radius 2 is 1.27 bits per heavy atom. The fourth-order valence-electron chi connectivity index (χ4n) is 2.76. The van der Waals surface area contributed by atoms with Crippen molar-refractivity contribution in [3.05, 3.63) is 0 Å². The van der Waals surface area contributed by atoms with Crippen molar-refractivity contribution in [3.8, 4) is 0 Å². The first-order valence-electron chi connectivity index (χ1n) is 9.22. The molecule has 0 fully saturated rings. The van der Waals surface area contributed by atoms with Crippen LogP contribution >= 0.6 is 0 Å². The largest absolute Gasteiger partial charge is 0.481 e. The molecule has 0 aromatic carbocycles. The Morgan fingerprint density at radius 3 is 1.73 bits per heavy atom. The second kappa shape index (κ2) is 16.8. The molecular formula is C18H36O4. The third-order valence-corrected chi connectivity index (χ3v) is 4.20. The van der Waals surface area contributed by atoms with Crippen molar-refractivity contribution in [2.45, 2.75) is 109 Å². The number of aliphatic carboxylic acids is 1. The van der Waals surface area contributed by atoms with E-state index in [2.05, 4.69) is 11.8 Å². The highest BCUT2D eigenvalue weighted by atomic mass is 17.1. The Hall–Kier alpha value is -0.610. The summed E-state index contributed by atoms with van der Waals surface area (Å²) >= 11 is 0. The molecule has 132 valence electrons. The van der Waals surface area contributed by atoms with Crippen LogP contribution in [0.25, 0.3) is 0 Å². The zero-order chi connectivity index (χ0) is 16.5. The van der Waals surface area contributed by atoms with E-state index in [0.717, 1.165) is 44.9 Å². The molecule has 1 atom stereocenters. The van der Waals surface area contributed by atoms with E-state index < -0.39 is 5.97 Å². The van der Waals surface area contributed by atoms with Gasteiger partial charge in [0.25, 0.3) is 0 Å². The van der Waals surface area contributed by atoms with Crippen LogP contribution in [0.15, 0.2) is 0 Å². The van der Waals surface area contributed by atoms with Crippen LogP contribution in [-0.2, 0) is 9.68 Å². The summed E-state index contributed by atoms with van der Waals surface area (Å²) in [6.45, 7) is 2.20. The lowest BCUT2D eigenvalue weighted by Crippen LogP contribution is -2.10. The van der Waals surface area contributed by atoms with E-state index in [0.29, 0.717) is 6.42 Å². The first-order chi connectivity index (χ1) is 10.7. The average molecular weight is 316 g/mol. The molecule has 22 heavy (non-hydrogen) atoms. The summed E-state index contributed by atoms with van der Waals surface area (Å²) in [5.41, 5.74) is 0. The molecule has 0 spiro atoms. The lowest BCUT2D eigenvalue weighted by Gasteiger charge is -2.12. The summed E-state index contributed by atoms with van der Waals surface area (Å²) in [4.78, 5) is 14.9. The number of carboxylic acids is 1. The van der Waals surface area contributed by atoms with Crippen LogP contribution in [0.3, 0.4) is 0 Å². The minimum absolute atomic E-state index is 0.0212. The molecule has 0 aliphatic carbocycles. The van der Waals surface area contributed by atoms with Gasteiger partial charge in [-0.15, -0.1) is 0 Å². The Labute approximate surface area is 136 Å². The van der Waals surface area contributed by atoms with E-state index in [1.807, 2.05) is 0 Å². The molecule has 0 aliphatic heterocycles. The summed E-state index contributed by atoms with van der Waals surface area (Å²) in [5.74, 6) is -0.685. The first kappa shape index (κ1) is 21.4. The molecule has 0 aromatic rings. The van der Waals surface area contributed by atoms with E-state index in [9.17, 15) is 4.79 Å². The standard InChI is InChI=1S/C18H36O4/c1-2-3-4-11-14-17(22-21)15-12-9-7-5-6-8-10-13-16-18(19)20/h17,21H,2-16H2,1H3,(H,19,20). The van der Waals surface area contributed by atoms with Crippen LogP contribution in [0.1, 0.15) is 103 Å². The maximum Gasteiger partial charge on any atom is 0.303 e. The molecule has 0 saturated heterocycles. The maximum atomic E-state index is 10.4. The normalized spacial score (nSPS) is 12.5. The summed E-state index contributed by atoms with van der Waals surface area (Å²) in [6.07, 6.45) is 16.1. The smallest absolute Gasteiger partial charge is 0.303 e. The van der Waals surface area contributed by atoms with Crippen LogP contribution in [0.5, 0.6) is 0 Å². The minimum atomic E-state index is -0.685. The van der Waals surface area contributed by atoms with Crippen LogP contribution in [0.4, 0.5) is 0 Å². The van der Waals surface area contributed by atoms with E-state index >= 15 is 0 Å². The number of unbranched alkanes of at least 4 members (excludes halogenated alkanes) is 10. The molecular weight excluding hydrogens is 280 g/mol. The molecule has 0 aromatic heterocycles. The highest BCUT2D eigenvalue weighted by molar-refractivity contribution is 5.66. The SMILES string of the molecule is CCCCCCC(CCCCCCCCCCC(=O)O)OO. The molecule has 2 N–H and O–H groups in total. The third kappa shape index (κ3) is 15.8. The van der Waals surface area contributed by atoms with Crippen molar-refractivity contribution < 1.29 is 20.0 Å². The van der Waals surface area contributed by atoms with E-state index in [1.165, 1.54) is 44.9 Å². The molecule has 4 heteroatoms. The predicted molar refractivity (Wildman–Crippen MR) is 90.1 cm³/mol. The number of rotatable bonds is 17. The van der Waals surface area contributed by atoms with Crippen LogP contribution in [0, 0.1) is 0 Å². The van der Waals surface area contributed by atoms with Gasteiger partial charge < -0.3 is 5.11 Å². The second-order valence-electron chi connectivity index (χ2n) is 6.34. The Morgan fingerprint density at radius 1 is 0.818 bits per heavy atom. The van der Waals surface area contributed by atoms with Crippen LogP contribution < -0.4 is 0 Å². The lowest BCUT2D eigenvalue weighted by molar-refractivity contribution is -0.281. The second-order valence-corrected chi connectivity index (χ2v) is 6.34.